The minimum atomic E-state index is -3.70. The van der Waals surface area contributed by atoms with Crippen LogP contribution in [-0.4, -0.2) is 40.6 Å². The number of hydrogen-bond acceptors (Lipinski definition) is 4. The first-order chi connectivity index (χ1) is 8.21. The Bertz CT molecular complexity index is 526. The SMILES string of the molecule is Cc1cc(S(=O)(=O)Cl)c(C)cc1OCCN(C)C. The van der Waals surface area contributed by atoms with Gasteiger partial charge in [0, 0.05) is 17.2 Å². The molecule has 0 aliphatic carbocycles. The number of benzene rings is 1. The molecule has 0 aliphatic rings. The average molecular weight is 292 g/mol. The second-order valence-corrected chi connectivity index (χ2v) is 7.01. The van der Waals surface area contributed by atoms with Crippen LogP contribution < -0.4 is 4.74 Å². The van der Waals surface area contributed by atoms with Crippen LogP contribution in [0.2, 0.25) is 0 Å². The van der Waals surface area contributed by atoms with E-state index in [0.717, 1.165) is 12.1 Å². The van der Waals surface area contributed by atoms with Crippen LogP contribution in [0.4, 0.5) is 0 Å². The summed E-state index contributed by atoms with van der Waals surface area (Å²) in [5, 5.41) is 0. The molecule has 0 saturated carbocycles. The number of ether oxygens (including phenoxy) is 1. The summed E-state index contributed by atoms with van der Waals surface area (Å²) in [4.78, 5) is 2.15. The first kappa shape index (κ1) is 15.3. The molecule has 0 fully saturated rings. The highest BCUT2D eigenvalue weighted by molar-refractivity contribution is 8.13. The smallest absolute Gasteiger partial charge is 0.261 e. The third-order valence-corrected chi connectivity index (χ3v) is 4.00. The summed E-state index contributed by atoms with van der Waals surface area (Å²) in [5.41, 5.74) is 1.36. The summed E-state index contributed by atoms with van der Waals surface area (Å²) in [5.74, 6) is 0.693. The third-order valence-electron chi connectivity index (χ3n) is 2.53. The van der Waals surface area contributed by atoms with Crippen LogP contribution in [0.5, 0.6) is 5.75 Å². The molecule has 102 valence electrons. The lowest BCUT2D eigenvalue weighted by atomic mass is 10.1. The summed E-state index contributed by atoms with van der Waals surface area (Å²) in [6.45, 7) is 4.86. The van der Waals surface area contributed by atoms with Crippen molar-refractivity contribution in [2.45, 2.75) is 18.7 Å². The summed E-state index contributed by atoms with van der Waals surface area (Å²) in [7, 11) is 5.59. The first-order valence-corrected chi connectivity index (χ1v) is 7.86. The zero-order chi connectivity index (χ0) is 13.9. The summed E-state index contributed by atoms with van der Waals surface area (Å²) >= 11 is 0. The van der Waals surface area contributed by atoms with Gasteiger partial charge in [0.15, 0.2) is 0 Å². The molecule has 0 saturated heterocycles. The van der Waals surface area contributed by atoms with Crippen molar-refractivity contribution in [3.05, 3.63) is 23.3 Å². The van der Waals surface area contributed by atoms with Gasteiger partial charge in [-0.25, -0.2) is 8.42 Å². The van der Waals surface area contributed by atoms with Crippen LogP contribution >= 0.6 is 10.7 Å². The molecule has 0 N–H and O–H groups in total. The molecule has 0 radical (unpaired) electrons. The number of nitrogens with zero attached hydrogens (tertiary/aromatic N) is 1. The molecule has 6 heteroatoms. The van der Waals surface area contributed by atoms with Gasteiger partial charge in [0.05, 0.1) is 4.90 Å². The van der Waals surface area contributed by atoms with E-state index in [-0.39, 0.29) is 4.90 Å². The number of likely N-dealkylation sites (N-methyl/N-ethyl adjacent to an activating group) is 1. The summed E-state index contributed by atoms with van der Waals surface area (Å²) in [6.07, 6.45) is 0. The highest BCUT2D eigenvalue weighted by atomic mass is 35.7. The number of halogens is 1. The quantitative estimate of drug-likeness (QED) is 0.780. The van der Waals surface area contributed by atoms with Crippen LogP contribution in [0.15, 0.2) is 17.0 Å². The Morgan fingerprint density at radius 1 is 1.22 bits per heavy atom. The van der Waals surface area contributed by atoms with E-state index in [1.165, 1.54) is 0 Å². The molecule has 1 aromatic rings. The fraction of sp³-hybridized carbons (Fsp3) is 0.500. The van der Waals surface area contributed by atoms with E-state index in [9.17, 15) is 8.42 Å². The second-order valence-electron chi connectivity index (χ2n) is 4.47. The van der Waals surface area contributed by atoms with Gasteiger partial charge in [0.1, 0.15) is 12.4 Å². The maximum Gasteiger partial charge on any atom is 0.261 e. The van der Waals surface area contributed by atoms with Gasteiger partial charge in [-0.3, -0.25) is 0 Å². The van der Waals surface area contributed by atoms with Crippen LogP contribution in [0.3, 0.4) is 0 Å². The van der Waals surface area contributed by atoms with Crippen LogP contribution in [0.1, 0.15) is 11.1 Å². The van der Waals surface area contributed by atoms with E-state index in [0.29, 0.717) is 17.9 Å². The lowest BCUT2D eigenvalue weighted by Gasteiger charge is -2.14. The molecular formula is C12H18ClNO3S. The molecule has 4 nitrogen and oxygen atoms in total. The highest BCUT2D eigenvalue weighted by Crippen LogP contribution is 2.27. The van der Waals surface area contributed by atoms with E-state index >= 15 is 0 Å². The van der Waals surface area contributed by atoms with Gasteiger partial charge in [-0.15, -0.1) is 0 Å². The van der Waals surface area contributed by atoms with Gasteiger partial charge in [-0.05, 0) is 51.2 Å². The number of hydrogen-bond donors (Lipinski definition) is 0. The molecule has 0 heterocycles. The standard InChI is InChI=1S/C12H18ClNO3S/c1-9-8-12(18(13,15)16)10(2)7-11(9)17-6-5-14(3)4/h7-8H,5-6H2,1-4H3. The maximum absolute atomic E-state index is 11.3. The van der Waals surface area contributed by atoms with Crippen molar-refractivity contribution in [3.63, 3.8) is 0 Å². The van der Waals surface area contributed by atoms with Gasteiger partial charge in [-0.2, -0.15) is 0 Å². The van der Waals surface area contributed by atoms with Gasteiger partial charge in [-0.1, -0.05) is 0 Å². The predicted octanol–water partition coefficient (Wildman–Crippen LogP) is 2.17. The molecule has 18 heavy (non-hydrogen) atoms. The zero-order valence-electron chi connectivity index (χ0n) is 11.0. The molecule has 0 spiro atoms. The summed E-state index contributed by atoms with van der Waals surface area (Å²) < 4.78 is 28.3. The normalized spacial score (nSPS) is 11.9. The van der Waals surface area contributed by atoms with E-state index in [4.69, 9.17) is 15.4 Å². The van der Waals surface area contributed by atoms with Crippen molar-refractivity contribution >= 4 is 19.7 Å². The van der Waals surface area contributed by atoms with Crippen molar-refractivity contribution in [2.75, 3.05) is 27.2 Å². The topological polar surface area (TPSA) is 46.6 Å². The van der Waals surface area contributed by atoms with E-state index in [1.54, 1.807) is 26.0 Å². The van der Waals surface area contributed by atoms with Gasteiger partial charge in [0.25, 0.3) is 9.05 Å². The van der Waals surface area contributed by atoms with Crippen molar-refractivity contribution in [1.29, 1.82) is 0 Å². The molecule has 1 rings (SSSR count). The molecule has 0 atom stereocenters. The fourth-order valence-corrected chi connectivity index (χ4v) is 2.78. The fourth-order valence-electron chi connectivity index (χ4n) is 1.52. The molecule has 0 aliphatic heterocycles. The van der Waals surface area contributed by atoms with Crippen molar-refractivity contribution < 1.29 is 13.2 Å². The largest absolute Gasteiger partial charge is 0.492 e. The van der Waals surface area contributed by atoms with Gasteiger partial charge in [0.2, 0.25) is 0 Å². The minimum Gasteiger partial charge on any atom is -0.492 e. The van der Waals surface area contributed by atoms with Crippen LogP contribution in [0, 0.1) is 13.8 Å². The zero-order valence-corrected chi connectivity index (χ0v) is 12.6. The molecule has 0 bridgehead atoms. The van der Waals surface area contributed by atoms with E-state index in [2.05, 4.69) is 0 Å². The third kappa shape index (κ3) is 4.15. The monoisotopic (exact) mass is 291 g/mol. The van der Waals surface area contributed by atoms with E-state index in [1.807, 2.05) is 19.0 Å². The van der Waals surface area contributed by atoms with Gasteiger partial charge >= 0.3 is 0 Å². The van der Waals surface area contributed by atoms with Crippen molar-refractivity contribution in [3.8, 4) is 5.75 Å². The van der Waals surface area contributed by atoms with Crippen LogP contribution in [-0.2, 0) is 9.05 Å². The predicted molar refractivity (Wildman–Crippen MR) is 73.0 cm³/mol. The van der Waals surface area contributed by atoms with Crippen LogP contribution in [0.25, 0.3) is 0 Å². The Balaban J connectivity index is 2.94. The summed E-state index contributed by atoms with van der Waals surface area (Å²) in [6, 6.07) is 3.25. The average Bonchev–Trinajstić information content (AvgIpc) is 2.20. The van der Waals surface area contributed by atoms with Crippen molar-refractivity contribution in [1.82, 2.24) is 4.90 Å². The van der Waals surface area contributed by atoms with E-state index < -0.39 is 9.05 Å². The molecular weight excluding hydrogens is 274 g/mol. The Morgan fingerprint density at radius 2 is 1.83 bits per heavy atom. The molecule has 0 amide bonds. The highest BCUT2D eigenvalue weighted by Gasteiger charge is 2.15. The first-order valence-electron chi connectivity index (χ1n) is 5.55. The Morgan fingerprint density at radius 3 is 2.33 bits per heavy atom. The van der Waals surface area contributed by atoms with Crippen molar-refractivity contribution in [2.24, 2.45) is 0 Å². The Hall–Kier alpha value is -0.780. The molecule has 0 aromatic heterocycles. The lowest BCUT2D eigenvalue weighted by molar-refractivity contribution is 0.260. The number of rotatable bonds is 5. The Labute approximate surface area is 113 Å². The lowest BCUT2D eigenvalue weighted by Crippen LogP contribution is -2.19. The Kier molecular flexibility index (Phi) is 5.01. The molecule has 1 aromatic carbocycles. The molecule has 0 unspecified atom stereocenters. The minimum absolute atomic E-state index is 0.140. The second kappa shape index (κ2) is 5.91. The number of aryl methyl sites for hydroxylation is 2. The maximum atomic E-state index is 11.3. The van der Waals surface area contributed by atoms with Gasteiger partial charge < -0.3 is 9.64 Å².